The monoisotopic (exact) mass is 630 g/mol. The second kappa shape index (κ2) is 15.1. The Labute approximate surface area is 249 Å². The van der Waals surface area contributed by atoms with Crippen LogP contribution in [-0.2, 0) is 14.4 Å². The number of likely N-dealkylation sites (N-methyl/N-ethyl adjacent to an activating group) is 1. The van der Waals surface area contributed by atoms with Crippen molar-refractivity contribution in [1.29, 1.82) is 5.41 Å². The molecule has 0 aliphatic heterocycles. The second-order valence-electron chi connectivity index (χ2n) is 10.0. The van der Waals surface area contributed by atoms with Gasteiger partial charge in [0, 0.05) is 61.0 Å². The average Bonchev–Trinajstić information content (AvgIpc) is 3.76. The van der Waals surface area contributed by atoms with Crippen LogP contribution in [0.25, 0.3) is 0 Å². The third-order valence-electron chi connectivity index (χ3n) is 6.40. The van der Waals surface area contributed by atoms with Crippen molar-refractivity contribution in [2.45, 2.75) is 52.0 Å². The first-order chi connectivity index (χ1) is 19.1. The number of amides is 3. The van der Waals surface area contributed by atoms with Crippen LogP contribution < -0.4 is 21.3 Å². The SMILES string of the molecule is CNC(=O)/C(Nc1ccc(Br)cc1)=C1\C=C(C2CC2)C(N(CCCNC(=O)CCC(=O)NC(C)C)SC)=CC1=N. The fourth-order valence-electron chi connectivity index (χ4n) is 4.27. The van der Waals surface area contributed by atoms with Crippen LogP contribution in [0.2, 0.25) is 0 Å². The van der Waals surface area contributed by atoms with Gasteiger partial charge in [0.15, 0.2) is 0 Å². The molecule has 9 nitrogen and oxygen atoms in total. The summed E-state index contributed by atoms with van der Waals surface area (Å²) >= 11 is 5.01. The van der Waals surface area contributed by atoms with Gasteiger partial charge in [-0.25, -0.2) is 0 Å². The fourth-order valence-corrected chi connectivity index (χ4v) is 5.20. The number of halogens is 1. The van der Waals surface area contributed by atoms with Gasteiger partial charge in [-0.1, -0.05) is 27.9 Å². The van der Waals surface area contributed by atoms with E-state index in [2.05, 4.69) is 41.5 Å². The number of rotatable bonds is 14. The van der Waals surface area contributed by atoms with Crippen LogP contribution in [0.5, 0.6) is 0 Å². The first-order valence-electron chi connectivity index (χ1n) is 13.5. The normalized spacial score (nSPS) is 16.1. The molecule has 0 unspecified atom stereocenters. The van der Waals surface area contributed by atoms with E-state index in [4.69, 9.17) is 5.41 Å². The molecular formula is C29H39BrN6O3S. The summed E-state index contributed by atoms with van der Waals surface area (Å²) < 4.78 is 3.09. The first kappa shape index (κ1) is 31.5. The minimum Gasteiger partial charge on any atom is -0.356 e. The molecular weight excluding hydrogens is 592 g/mol. The van der Waals surface area contributed by atoms with Crippen molar-refractivity contribution in [2.24, 2.45) is 5.92 Å². The molecule has 0 bridgehead atoms. The first-order valence-corrected chi connectivity index (χ1v) is 15.5. The molecule has 0 saturated heterocycles. The van der Waals surface area contributed by atoms with Crippen molar-refractivity contribution in [3.8, 4) is 0 Å². The Balaban J connectivity index is 1.69. The Morgan fingerprint density at radius 3 is 2.38 bits per heavy atom. The summed E-state index contributed by atoms with van der Waals surface area (Å²) in [4.78, 5) is 36.8. The van der Waals surface area contributed by atoms with Gasteiger partial charge in [0.05, 0.1) is 11.4 Å². The number of carbonyl (C=O) groups excluding carboxylic acids is 3. The van der Waals surface area contributed by atoms with E-state index in [1.165, 1.54) is 0 Å². The summed E-state index contributed by atoms with van der Waals surface area (Å²) in [6, 6.07) is 7.60. The van der Waals surface area contributed by atoms with Gasteiger partial charge in [-0.15, -0.1) is 0 Å². The second-order valence-corrected chi connectivity index (χ2v) is 11.7. The number of anilines is 1. The molecule has 0 aromatic heterocycles. The number of benzene rings is 1. The van der Waals surface area contributed by atoms with E-state index in [9.17, 15) is 14.4 Å². The zero-order chi connectivity index (χ0) is 29.2. The lowest BCUT2D eigenvalue weighted by Crippen LogP contribution is -2.32. The van der Waals surface area contributed by atoms with Gasteiger partial charge < -0.3 is 31.0 Å². The van der Waals surface area contributed by atoms with Gasteiger partial charge in [-0.05, 0) is 81.0 Å². The van der Waals surface area contributed by atoms with Crippen molar-refractivity contribution in [1.82, 2.24) is 20.3 Å². The smallest absolute Gasteiger partial charge is 0.268 e. The van der Waals surface area contributed by atoms with Crippen LogP contribution >= 0.6 is 27.9 Å². The molecule has 2 aliphatic carbocycles. The average molecular weight is 632 g/mol. The number of hydrogen-bond donors (Lipinski definition) is 5. The van der Waals surface area contributed by atoms with Crippen LogP contribution in [-0.4, -0.2) is 60.2 Å². The molecule has 11 heteroatoms. The fraction of sp³-hybridized carbons (Fsp3) is 0.448. The molecule has 1 aromatic carbocycles. The topological polar surface area (TPSA) is 126 Å². The predicted molar refractivity (Wildman–Crippen MR) is 166 cm³/mol. The number of allylic oxidation sites excluding steroid dienone is 4. The highest BCUT2D eigenvalue weighted by Gasteiger charge is 2.34. The maximum Gasteiger partial charge on any atom is 0.268 e. The Morgan fingerprint density at radius 2 is 1.77 bits per heavy atom. The molecule has 1 aromatic rings. The van der Waals surface area contributed by atoms with Crippen molar-refractivity contribution in [3.05, 3.63) is 63.4 Å². The maximum atomic E-state index is 12.9. The van der Waals surface area contributed by atoms with Gasteiger partial charge in [-0.2, -0.15) is 0 Å². The third-order valence-corrected chi connectivity index (χ3v) is 7.75. The lowest BCUT2D eigenvalue weighted by Gasteiger charge is -2.30. The Hall–Kier alpha value is -3.05. The van der Waals surface area contributed by atoms with E-state index in [0.717, 1.165) is 34.3 Å². The molecule has 2 aliphatic rings. The number of carbonyl (C=O) groups is 3. The van der Waals surface area contributed by atoms with E-state index in [1.54, 1.807) is 19.0 Å². The molecule has 5 N–H and O–H groups in total. The van der Waals surface area contributed by atoms with Crippen LogP contribution in [0.1, 0.15) is 46.0 Å². The molecule has 1 fully saturated rings. The Bertz CT molecular complexity index is 1200. The third kappa shape index (κ3) is 9.26. The molecule has 0 heterocycles. The minimum absolute atomic E-state index is 0.0583. The molecule has 0 atom stereocenters. The van der Waals surface area contributed by atoms with Crippen LogP contribution in [0, 0.1) is 11.3 Å². The number of nitrogens with one attached hydrogen (secondary N) is 5. The zero-order valence-electron chi connectivity index (χ0n) is 23.5. The summed E-state index contributed by atoms with van der Waals surface area (Å²) in [6.07, 6.45) is 9.02. The molecule has 0 spiro atoms. The van der Waals surface area contributed by atoms with E-state index in [0.29, 0.717) is 36.7 Å². The summed E-state index contributed by atoms with van der Waals surface area (Å²) in [5.41, 5.74) is 4.01. The van der Waals surface area contributed by atoms with Crippen molar-refractivity contribution in [2.75, 3.05) is 31.7 Å². The van der Waals surface area contributed by atoms with Crippen LogP contribution in [0.15, 0.2) is 63.4 Å². The van der Waals surface area contributed by atoms with Crippen molar-refractivity contribution >= 4 is 57.0 Å². The summed E-state index contributed by atoms with van der Waals surface area (Å²) in [5, 5.41) is 20.5. The van der Waals surface area contributed by atoms with E-state index >= 15 is 0 Å². The molecule has 0 radical (unpaired) electrons. The molecule has 1 saturated carbocycles. The largest absolute Gasteiger partial charge is 0.356 e. The quantitative estimate of drug-likeness (QED) is 0.117. The Kier molecular flexibility index (Phi) is 11.9. The highest BCUT2D eigenvalue weighted by Crippen LogP contribution is 2.44. The van der Waals surface area contributed by atoms with Gasteiger partial charge in [0.2, 0.25) is 11.8 Å². The van der Waals surface area contributed by atoms with Crippen molar-refractivity contribution in [3.63, 3.8) is 0 Å². The highest BCUT2D eigenvalue weighted by atomic mass is 79.9. The summed E-state index contributed by atoms with van der Waals surface area (Å²) in [6.45, 7) is 4.96. The lowest BCUT2D eigenvalue weighted by atomic mass is 9.92. The van der Waals surface area contributed by atoms with Gasteiger partial charge in [0.1, 0.15) is 5.70 Å². The number of nitrogens with zero attached hydrogens (tertiary/aromatic N) is 1. The summed E-state index contributed by atoms with van der Waals surface area (Å²) in [5.74, 6) is -0.157. The zero-order valence-corrected chi connectivity index (χ0v) is 25.9. The molecule has 216 valence electrons. The lowest BCUT2D eigenvalue weighted by molar-refractivity contribution is -0.126. The minimum atomic E-state index is -0.287. The maximum absolute atomic E-state index is 12.9. The molecule has 40 heavy (non-hydrogen) atoms. The number of hydrogen-bond acceptors (Lipinski definition) is 7. The van der Waals surface area contributed by atoms with Gasteiger partial charge in [0.25, 0.3) is 5.91 Å². The van der Waals surface area contributed by atoms with Crippen LogP contribution in [0.4, 0.5) is 5.69 Å². The molecule has 3 amide bonds. The van der Waals surface area contributed by atoms with Crippen LogP contribution in [0.3, 0.4) is 0 Å². The standard InChI is InChI=1S/C29H39BrN6O3S/c1-18(2)34-27(38)13-12-26(37)33-14-5-15-36(40-4)25-17-24(31)23(16-22(25)19-6-7-19)28(29(39)32-3)35-21-10-8-20(30)9-11-21/h8-11,16-19,31,35H,5-7,12-15H2,1-4H3,(H,32,39)(H,33,37)(H,34,38)/b28-23-,31-24?. The van der Waals surface area contributed by atoms with Gasteiger partial charge in [-0.3, -0.25) is 14.4 Å². The Morgan fingerprint density at radius 1 is 1.10 bits per heavy atom. The van der Waals surface area contributed by atoms with Crippen molar-refractivity contribution < 1.29 is 14.4 Å². The van der Waals surface area contributed by atoms with E-state index < -0.39 is 0 Å². The predicted octanol–water partition coefficient (Wildman–Crippen LogP) is 4.51. The van der Waals surface area contributed by atoms with E-state index in [-0.39, 0.29) is 42.3 Å². The van der Waals surface area contributed by atoms with Gasteiger partial charge >= 0.3 is 0 Å². The highest BCUT2D eigenvalue weighted by molar-refractivity contribution is 9.10. The van der Waals surface area contributed by atoms with E-state index in [1.807, 2.05) is 56.5 Å². The summed E-state index contributed by atoms with van der Waals surface area (Å²) in [7, 11) is 1.58. The molecule has 3 rings (SSSR count).